The number of nitrogens with zero attached hydrogens (tertiary/aromatic N) is 1. The van der Waals surface area contributed by atoms with Crippen LogP contribution in [0.3, 0.4) is 0 Å². The van der Waals surface area contributed by atoms with Crippen molar-refractivity contribution in [1.29, 1.82) is 0 Å². The molecule has 0 aromatic carbocycles. The van der Waals surface area contributed by atoms with Crippen LogP contribution in [0.15, 0.2) is 16.8 Å². The second-order valence-corrected chi connectivity index (χ2v) is 6.97. The van der Waals surface area contributed by atoms with Gasteiger partial charge in [-0.15, -0.1) is 0 Å². The molecule has 1 amide bonds. The molecule has 1 aromatic heterocycles. The molecule has 1 saturated heterocycles. The summed E-state index contributed by atoms with van der Waals surface area (Å²) in [5, 5.41) is 7.92. The van der Waals surface area contributed by atoms with Gasteiger partial charge >= 0.3 is 0 Å². The molecule has 1 aliphatic heterocycles. The van der Waals surface area contributed by atoms with Crippen molar-refractivity contribution in [3.63, 3.8) is 0 Å². The van der Waals surface area contributed by atoms with Gasteiger partial charge < -0.3 is 4.90 Å². The molecular formula is C15H20N2OS. The molecule has 102 valence electrons. The highest BCUT2D eigenvalue weighted by Gasteiger charge is 2.60. The summed E-state index contributed by atoms with van der Waals surface area (Å²) in [5.74, 6) is 0.371. The number of nitrogens with one attached hydrogen (secondary N) is 1. The summed E-state index contributed by atoms with van der Waals surface area (Å²) in [6.45, 7) is 0. The molecule has 1 atom stereocenters. The number of carbonyl (C=O) groups is 1. The minimum absolute atomic E-state index is 0.129. The third kappa shape index (κ3) is 1.84. The smallest absolute Gasteiger partial charge is 0.244 e. The Morgan fingerprint density at radius 2 is 2.05 bits per heavy atom. The van der Waals surface area contributed by atoms with Crippen molar-refractivity contribution in [2.75, 3.05) is 0 Å². The first-order valence-corrected chi connectivity index (χ1v) is 8.37. The van der Waals surface area contributed by atoms with Crippen molar-refractivity contribution in [1.82, 2.24) is 10.2 Å². The van der Waals surface area contributed by atoms with Crippen LogP contribution in [0.25, 0.3) is 0 Å². The lowest BCUT2D eigenvalue weighted by Gasteiger charge is -2.35. The van der Waals surface area contributed by atoms with Crippen LogP contribution in [0.2, 0.25) is 0 Å². The predicted octanol–water partition coefficient (Wildman–Crippen LogP) is 3.04. The number of hydrogen-bond donors (Lipinski definition) is 1. The fraction of sp³-hybridized carbons (Fsp3) is 0.667. The topological polar surface area (TPSA) is 32.3 Å². The SMILES string of the molecule is O=C1N(C2CCCCC2)C(c2ccsc2)NC12CC2. The van der Waals surface area contributed by atoms with E-state index in [1.54, 1.807) is 11.3 Å². The monoisotopic (exact) mass is 276 g/mol. The van der Waals surface area contributed by atoms with Crippen molar-refractivity contribution in [2.24, 2.45) is 0 Å². The van der Waals surface area contributed by atoms with E-state index in [0.717, 1.165) is 12.8 Å². The van der Waals surface area contributed by atoms with Crippen LogP contribution >= 0.6 is 11.3 Å². The van der Waals surface area contributed by atoms with Gasteiger partial charge in [0.2, 0.25) is 5.91 Å². The van der Waals surface area contributed by atoms with E-state index in [1.165, 1.54) is 37.7 Å². The van der Waals surface area contributed by atoms with E-state index in [-0.39, 0.29) is 11.7 Å². The van der Waals surface area contributed by atoms with Crippen molar-refractivity contribution in [3.8, 4) is 0 Å². The molecule has 3 aliphatic rings. The molecule has 4 heteroatoms. The third-order valence-electron chi connectivity index (χ3n) is 4.91. The molecule has 4 rings (SSSR count). The molecule has 19 heavy (non-hydrogen) atoms. The van der Waals surface area contributed by atoms with Crippen LogP contribution in [0.4, 0.5) is 0 Å². The molecular weight excluding hydrogens is 256 g/mol. The first-order chi connectivity index (χ1) is 9.30. The standard InChI is InChI=1S/C15H20N2OS/c18-14-15(7-8-15)16-13(11-6-9-19-10-11)17(14)12-4-2-1-3-5-12/h6,9-10,12-13,16H,1-5,7-8H2. The third-order valence-corrected chi connectivity index (χ3v) is 5.61. The summed E-state index contributed by atoms with van der Waals surface area (Å²) in [7, 11) is 0. The van der Waals surface area contributed by atoms with Crippen molar-refractivity contribution >= 4 is 17.2 Å². The highest BCUT2D eigenvalue weighted by Crippen LogP contribution is 2.48. The van der Waals surface area contributed by atoms with Crippen LogP contribution in [0.1, 0.15) is 56.7 Å². The molecule has 1 aromatic rings. The van der Waals surface area contributed by atoms with E-state index < -0.39 is 0 Å². The summed E-state index contributed by atoms with van der Waals surface area (Å²) in [5.41, 5.74) is 1.08. The highest BCUT2D eigenvalue weighted by molar-refractivity contribution is 7.07. The van der Waals surface area contributed by atoms with Crippen LogP contribution < -0.4 is 5.32 Å². The molecule has 3 fully saturated rings. The largest absolute Gasteiger partial charge is 0.318 e. The summed E-state index contributed by atoms with van der Waals surface area (Å²) >= 11 is 1.72. The van der Waals surface area contributed by atoms with Crippen LogP contribution in [-0.2, 0) is 4.79 Å². The maximum Gasteiger partial charge on any atom is 0.244 e. The first kappa shape index (κ1) is 11.9. The molecule has 0 radical (unpaired) electrons. The van der Waals surface area contributed by atoms with Gasteiger partial charge in [0.15, 0.2) is 0 Å². The van der Waals surface area contributed by atoms with Gasteiger partial charge in [-0.2, -0.15) is 11.3 Å². The summed E-state index contributed by atoms with van der Waals surface area (Å²) in [4.78, 5) is 14.9. The number of carbonyl (C=O) groups excluding carboxylic acids is 1. The number of amides is 1. The molecule has 2 aliphatic carbocycles. The van der Waals surface area contributed by atoms with E-state index in [2.05, 4.69) is 27.0 Å². The van der Waals surface area contributed by atoms with Gasteiger partial charge in [0.05, 0.1) is 0 Å². The number of rotatable bonds is 2. The molecule has 1 unspecified atom stereocenters. The Balaban J connectivity index is 1.66. The Labute approximate surface area is 118 Å². The first-order valence-electron chi connectivity index (χ1n) is 7.43. The van der Waals surface area contributed by atoms with E-state index >= 15 is 0 Å². The maximum absolute atomic E-state index is 12.8. The van der Waals surface area contributed by atoms with Gasteiger partial charge in [-0.25, -0.2) is 0 Å². The lowest BCUT2D eigenvalue weighted by molar-refractivity contribution is -0.133. The molecule has 3 nitrogen and oxygen atoms in total. The van der Waals surface area contributed by atoms with Gasteiger partial charge in [0, 0.05) is 6.04 Å². The van der Waals surface area contributed by atoms with E-state index in [9.17, 15) is 4.79 Å². The van der Waals surface area contributed by atoms with E-state index in [0.29, 0.717) is 11.9 Å². The van der Waals surface area contributed by atoms with Crippen LogP contribution in [-0.4, -0.2) is 22.4 Å². The second kappa shape index (κ2) is 4.32. The lowest BCUT2D eigenvalue weighted by Crippen LogP contribution is -2.41. The van der Waals surface area contributed by atoms with Crippen molar-refractivity contribution in [2.45, 2.75) is 62.7 Å². The Kier molecular flexibility index (Phi) is 2.71. The average Bonchev–Trinajstić information content (AvgIpc) is 2.92. The Bertz CT molecular complexity index is 474. The number of hydrogen-bond acceptors (Lipinski definition) is 3. The van der Waals surface area contributed by atoms with Gasteiger partial charge in [-0.3, -0.25) is 10.1 Å². The zero-order chi connectivity index (χ0) is 12.9. The zero-order valence-electron chi connectivity index (χ0n) is 11.1. The molecule has 1 spiro atoms. The Morgan fingerprint density at radius 1 is 1.26 bits per heavy atom. The molecule has 1 N–H and O–H groups in total. The lowest BCUT2D eigenvalue weighted by atomic mass is 9.93. The normalized spacial score (nSPS) is 30.2. The highest BCUT2D eigenvalue weighted by atomic mass is 32.1. The van der Waals surface area contributed by atoms with Crippen LogP contribution in [0, 0.1) is 0 Å². The van der Waals surface area contributed by atoms with Gasteiger partial charge in [-0.05, 0) is 48.1 Å². The quantitative estimate of drug-likeness (QED) is 0.900. The van der Waals surface area contributed by atoms with Crippen molar-refractivity contribution < 1.29 is 4.79 Å². The summed E-state index contributed by atoms with van der Waals surface area (Å²) < 4.78 is 0. The van der Waals surface area contributed by atoms with Crippen molar-refractivity contribution in [3.05, 3.63) is 22.4 Å². The maximum atomic E-state index is 12.8. The van der Waals surface area contributed by atoms with Gasteiger partial charge in [-0.1, -0.05) is 19.3 Å². The summed E-state index contributed by atoms with van der Waals surface area (Å²) in [6, 6.07) is 2.62. The summed E-state index contributed by atoms with van der Waals surface area (Å²) in [6.07, 6.45) is 8.43. The fourth-order valence-electron chi connectivity index (χ4n) is 3.65. The van der Waals surface area contributed by atoms with E-state index in [4.69, 9.17) is 0 Å². The van der Waals surface area contributed by atoms with Gasteiger partial charge in [0.25, 0.3) is 0 Å². The Morgan fingerprint density at radius 3 is 2.68 bits per heavy atom. The fourth-order valence-corrected chi connectivity index (χ4v) is 4.33. The Hall–Kier alpha value is -0.870. The van der Waals surface area contributed by atoms with Gasteiger partial charge in [0.1, 0.15) is 11.7 Å². The molecule has 0 bridgehead atoms. The predicted molar refractivity (Wildman–Crippen MR) is 75.9 cm³/mol. The minimum Gasteiger partial charge on any atom is -0.318 e. The van der Waals surface area contributed by atoms with E-state index in [1.807, 2.05) is 0 Å². The number of thiophene rings is 1. The molecule has 2 saturated carbocycles. The van der Waals surface area contributed by atoms with Crippen LogP contribution in [0.5, 0.6) is 0 Å². The average molecular weight is 276 g/mol. The minimum atomic E-state index is -0.190. The molecule has 2 heterocycles. The zero-order valence-corrected chi connectivity index (χ0v) is 11.9. The second-order valence-electron chi connectivity index (χ2n) is 6.19.